The highest BCUT2D eigenvalue weighted by Gasteiger charge is 2.26. The van der Waals surface area contributed by atoms with Gasteiger partial charge in [-0.2, -0.15) is 0 Å². The number of nitrogens with zero attached hydrogens (tertiary/aromatic N) is 3. The van der Waals surface area contributed by atoms with Gasteiger partial charge in [0.05, 0.1) is 22.4 Å². The summed E-state index contributed by atoms with van der Waals surface area (Å²) in [5.74, 6) is 0. The van der Waals surface area contributed by atoms with E-state index in [9.17, 15) is 0 Å². The van der Waals surface area contributed by atoms with Crippen molar-refractivity contribution in [1.82, 2.24) is 15.0 Å². The molecule has 212 valence electrons. The van der Waals surface area contributed by atoms with Gasteiger partial charge >= 0.3 is 0 Å². The SMILES string of the molecule is CC(C)(C)c1cc(-c2ccccc2)c2nc(-c3ccccc3)c(-c3ccc(-c4ccncc4)cc3)nc2c1-c1ccccc1. The Morgan fingerprint density at radius 2 is 0.886 bits per heavy atom. The van der Waals surface area contributed by atoms with Crippen LogP contribution in [0.2, 0.25) is 0 Å². The molecule has 5 aromatic carbocycles. The molecule has 0 saturated carbocycles. The normalized spacial score (nSPS) is 11.5. The molecule has 0 aliphatic carbocycles. The van der Waals surface area contributed by atoms with Crippen molar-refractivity contribution in [2.45, 2.75) is 26.2 Å². The Balaban J connectivity index is 1.58. The molecule has 0 N–H and O–H groups in total. The lowest BCUT2D eigenvalue weighted by Crippen LogP contribution is -2.14. The molecule has 0 fully saturated rings. The third kappa shape index (κ3) is 5.18. The van der Waals surface area contributed by atoms with Crippen LogP contribution in [0.3, 0.4) is 0 Å². The molecule has 3 heteroatoms. The minimum absolute atomic E-state index is 0.130. The molecule has 7 aromatic rings. The highest BCUT2D eigenvalue weighted by atomic mass is 14.8. The number of benzene rings is 5. The number of hydrogen-bond donors (Lipinski definition) is 0. The summed E-state index contributed by atoms with van der Waals surface area (Å²) in [6.45, 7) is 6.83. The van der Waals surface area contributed by atoms with Crippen LogP contribution in [0.4, 0.5) is 0 Å². The van der Waals surface area contributed by atoms with Crippen molar-refractivity contribution < 1.29 is 0 Å². The molecule has 0 aliphatic heterocycles. The van der Waals surface area contributed by atoms with Crippen molar-refractivity contribution in [3.8, 4) is 55.9 Å². The van der Waals surface area contributed by atoms with Crippen LogP contribution in [0.1, 0.15) is 26.3 Å². The van der Waals surface area contributed by atoms with Crippen molar-refractivity contribution >= 4 is 11.0 Å². The average Bonchev–Trinajstić information content (AvgIpc) is 3.08. The Morgan fingerprint density at radius 1 is 0.432 bits per heavy atom. The maximum absolute atomic E-state index is 5.59. The fourth-order valence-electron chi connectivity index (χ4n) is 5.90. The van der Waals surface area contributed by atoms with Gasteiger partial charge in [0.25, 0.3) is 0 Å². The van der Waals surface area contributed by atoms with E-state index in [1.54, 1.807) is 0 Å². The Labute approximate surface area is 259 Å². The molecule has 0 unspecified atom stereocenters. The molecule has 0 atom stereocenters. The maximum Gasteiger partial charge on any atom is 0.0982 e. The summed E-state index contributed by atoms with van der Waals surface area (Å²) in [6.07, 6.45) is 3.65. The van der Waals surface area contributed by atoms with Gasteiger partial charge in [-0.15, -0.1) is 0 Å². The molecule has 0 bridgehead atoms. The van der Waals surface area contributed by atoms with Gasteiger partial charge in [-0.05, 0) is 51.4 Å². The monoisotopic (exact) mass is 567 g/mol. The van der Waals surface area contributed by atoms with Gasteiger partial charge in [-0.1, -0.05) is 136 Å². The summed E-state index contributed by atoms with van der Waals surface area (Å²) in [5.41, 5.74) is 13.5. The van der Waals surface area contributed by atoms with Crippen LogP contribution >= 0.6 is 0 Å². The zero-order chi connectivity index (χ0) is 30.1. The fraction of sp³-hybridized carbons (Fsp3) is 0.0976. The smallest absolute Gasteiger partial charge is 0.0982 e. The molecule has 0 spiro atoms. The van der Waals surface area contributed by atoms with E-state index < -0.39 is 0 Å². The largest absolute Gasteiger partial charge is 0.265 e. The third-order valence-electron chi connectivity index (χ3n) is 8.12. The Kier molecular flexibility index (Phi) is 7.07. The van der Waals surface area contributed by atoms with E-state index in [1.807, 2.05) is 30.6 Å². The predicted octanol–water partition coefficient (Wildman–Crippen LogP) is 10.7. The van der Waals surface area contributed by atoms with Crippen molar-refractivity contribution in [2.75, 3.05) is 0 Å². The van der Waals surface area contributed by atoms with Gasteiger partial charge < -0.3 is 0 Å². The van der Waals surface area contributed by atoms with E-state index in [2.05, 4.69) is 141 Å². The minimum atomic E-state index is -0.130. The van der Waals surface area contributed by atoms with E-state index in [1.165, 1.54) is 5.56 Å². The second-order valence-corrected chi connectivity index (χ2v) is 12.1. The maximum atomic E-state index is 5.59. The van der Waals surface area contributed by atoms with E-state index in [-0.39, 0.29) is 5.41 Å². The molecule has 2 heterocycles. The standard InChI is InChI=1S/C41H33N3/c1-41(2,3)35-27-34(30-13-7-4-8-14-30)39-40(36(35)31-15-9-5-10-16-31)44-38(37(43-39)32-17-11-6-12-18-32)33-21-19-28(20-22-33)29-23-25-42-26-24-29/h4-27H,1-3H3. The lowest BCUT2D eigenvalue weighted by atomic mass is 9.79. The van der Waals surface area contributed by atoms with Crippen LogP contribution in [0.15, 0.2) is 146 Å². The van der Waals surface area contributed by atoms with Crippen LogP contribution in [-0.4, -0.2) is 15.0 Å². The van der Waals surface area contributed by atoms with E-state index in [0.29, 0.717) is 0 Å². The first-order valence-electron chi connectivity index (χ1n) is 15.0. The highest BCUT2D eigenvalue weighted by Crippen LogP contribution is 2.44. The highest BCUT2D eigenvalue weighted by molar-refractivity contribution is 6.04. The lowest BCUT2D eigenvalue weighted by molar-refractivity contribution is 0.593. The molecule has 0 amide bonds. The van der Waals surface area contributed by atoms with Gasteiger partial charge in [0.1, 0.15) is 0 Å². The number of rotatable bonds is 5. The van der Waals surface area contributed by atoms with Crippen molar-refractivity contribution in [1.29, 1.82) is 0 Å². The van der Waals surface area contributed by atoms with Crippen LogP contribution in [0, 0.1) is 0 Å². The lowest BCUT2D eigenvalue weighted by Gasteiger charge is -2.26. The zero-order valence-corrected chi connectivity index (χ0v) is 25.2. The summed E-state index contributed by atoms with van der Waals surface area (Å²) >= 11 is 0. The zero-order valence-electron chi connectivity index (χ0n) is 25.2. The first-order chi connectivity index (χ1) is 21.5. The first kappa shape index (κ1) is 27.4. The van der Waals surface area contributed by atoms with E-state index in [0.717, 1.165) is 66.9 Å². The summed E-state index contributed by atoms with van der Waals surface area (Å²) in [5, 5.41) is 0. The molecule has 2 aromatic heterocycles. The van der Waals surface area contributed by atoms with E-state index >= 15 is 0 Å². The van der Waals surface area contributed by atoms with Gasteiger partial charge in [-0.25, -0.2) is 9.97 Å². The second kappa shape index (κ2) is 11.3. The number of fused-ring (bicyclic) bond motifs is 1. The average molecular weight is 568 g/mol. The van der Waals surface area contributed by atoms with Gasteiger partial charge in [0.2, 0.25) is 0 Å². The second-order valence-electron chi connectivity index (χ2n) is 12.1. The summed E-state index contributed by atoms with van der Waals surface area (Å²) in [6, 6.07) is 46.6. The molecule has 0 saturated heterocycles. The van der Waals surface area contributed by atoms with Crippen LogP contribution in [0.25, 0.3) is 66.9 Å². The number of aromatic nitrogens is 3. The molecule has 0 aliphatic rings. The number of pyridine rings is 1. The van der Waals surface area contributed by atoms with Crippen LogP contribution < -0.4 is 0 Å². The molecular weight excluding hydrogens is 534 g/mol. The van der Waals surface area contributed by atoms with Gasteiger partial charge in [-0.3, -0.25) is 4.98 Å². The van der Waals surface area contributed by atoms with Crippen LogP contribution in [-0.2, 0) is 5.41 Å². The fourth-order valence-corrected chi connectivity index (χ4v) is 5.90. The minimum Gasteiger partial charge on any atom is -0.265 e. The summed E-state index contributed by atoms with van der Waals surface area (Å²) in [7, 11) is 0. The third-order valence-corrected chi connectivity index (χ3v) is 8.12. The number of hydrogen-bond acceptors (Lipinski definition) is 3. The predicted molar refractivity (Wildman–Crippen MR) is 183 cm³/mol. The quantitative estimate of drug-likeness (QED) is 0.208. The van der Waals surface area contributed by atoms with Crippen molar-refractivity contribution in [3.05, 3.63) is 151 Å². The topological polar surface area (TPSA) is 38.7 Å². The molecule has 0 radical (unpaired) electrons. The Bertz CT molecular complexity index is 2050. The Hall–Kier alpha value is -5.41. The van der Waals surface area contributed by atoms with Crippen LogP contribution in [0.5, 0.6) is 0 Å². The molecule has 3 nitrogen and oxygen atoms in total. The molecular formula is C41H33N3. The summed E-state index contributed by atoms with van der Waals surface area (Å²) in [4.78, 5) is 15.3. The molecule has 44 heavy (non-hydrogen) atoms. The molecule has 7 rings (SSSR count). The van der Waals surface area contributed by atoms with Gasteiger partial charge in [0.15, 0.2) is 0 Å². The first-order valence-corrected chi connectivity index (χ1v) is 15.0. The van der Waals surface area contributed by atoms with Gasteiger partial charge in [0, 0.05) is 34.6 Å². The van der Waals surface area contributed by atoms with Crippen molar-refractivity contribution in [2.24, 2.45) is 0 Å². The van der Waals surface area contributed by atoms with E-state index in [4.69, 9.17) is 9.97 Å². The summed E-state index contributed by atoms with van der Waals surface area (Å²) < 4.78 is 0. The Morgan fingerprint density at radius 3 is 1.45 bits per heavy atom. The van der Waals surface area contributed by atoms with Crippen molar-refractivity contribution in [3.63, 3.8) is 0 Å².